The lowest BCUT2D eigenvalue weighted by molar-refractivity contribution is -0.141. The molecule has 5 rings (SSSR count). The lowest BCUT2D eigenvalue weighted by Crippen LogP contribution is -2.62. The zero-order valence-electron chi connectivity index (χ0n) is 27.5. The summed E-state index contributed by atoms with van der Waals surface area (Å²) in [5.74, 6) is -2.26. The Bertz CT molecular complexity index is 1660. The first-order valence-electron chi connectivity index (χ1n) is 16.6. The Balaban J connectivity index is 1.24. The average Bonchev–Trinajstić information content (AvgIpc) is 3.65. The highest BCUT2D eigenvalue weighted by Gasteiger charge is 2.61. The number of amides is 4. The van der Waals surface area contributed by atoms with Crippen LogP contribution >= 0.6 is 0 Å². The third-order valence-corrected chi connectivity index (χ3v) is 11.4. The maximum Gasteiger partial charge on any atom is 0.289 e. The van der Waals surface area contributed by atoms with Crippen molar-refractivity contribution < 1.29 is 32.4 Å². The fourth-order valence-electron chi connectivity index (χ4n) is 8.23. The van der Waals surface area contributed by atoms with Crippen LogP contribution in [0.5, 0.6) is 0 Å². The van der Waals surface area contributed by atoms with Gasteiger partial charge in [0.25, 0.3) is 11.8 Å². The second kappa shape index (κ2) is 14.2. The zero-order valence-corrected chi connectivity index (χ0v) is 28.3. The van der Waals surface area contributed by atoms with Crippen LogP contribution in [0.3, 0.4) is 0 Å². The Kier molecular flexibility index (Phi) is 10.4. The quantitative estimate of drug-likeness (QED) is 0.200. The molecule has 48 heavy (non-hydrogen) atoms. The Morgan fingerprint density at radius 2 is 1.58 bits per heavy atom. The van der Waals surface area contributed by atoms with Gasteiger partial charge < -0.3 is 21.3 Å². The molecule has 2 aromatic carbocycles. The summed E-state index contributed by atoms with van der Waals surface area (Å²) in [5, 5.41) is 16.1. The first-order valence-corrected chi connectivity index (χ1v) is 18.1. The SMILES string of the molecule is CC(C)[C@H](NC(=O)[C@H](C)NC(=O)[C@@H](NC(=O)c1ccccc1)C12CCCC3CC(CC31)C2)C(=O)C(=O)NCc1ccc(S(N)(=O)=O)cc1. The highest BCUT2D eigenvalue weighted by atomic mass is 32.2. The first-order chi connectivity index (χ1) is 22.7. The number of primary sulfonamides is 1. The molecule has 4 amide bonds. The van der Waals surface area contributed by atoms with Crippen LogP contribution in [0.4, 0.5) is 0 Å². The molecule has 0 saturated heterocycles. The predicted octanol–water partition coefficient (Wildman–Crippen LogP) is 2.18. The summed E-state index contributed by atoms with van der Waals surface area (Å²) in [6, 6.07) is 11.2. The van der Waals surface area contributed by atoms with Gasteiger partial charge in [-0.25, -0.2) is 13.6 Å². The van der Waals surface area contributed by atoms with E-state index >= 15 is 0 Å². The van der Waals surface area contributed by atoms with Gasteiger partial charge in [0.2, 0.25) is 27.6 Å². The number of nitrogens with one attached hydrogen (secondary N) is 4. The number of carbonyl (C=O) groups excluding carboxylic acids is 5. The van der Waals surface area contributed by atoms with Crippen LogP contribution in [-0.2, 0) is 35.7 Å². The summed E-state index contributed by atoms with van der Waals surface area (Å²) < 4.78 is 23.0. The van der Waals surface area contributed by atoms with Gasteiger partial charge in [0.05, 0.1) is 10.9 Å². The van der Waals surface area contributed by atoms with Gasteiger partial charge in [-0.15, -0.1) is 0 Å². The van der Waals surface area contributed by atoms with Crippen molar-refractivity contribution in [2.24, 2.45) is 34.2 Å². The lowest BCUT2D eigenvalue weighted by atomic mass is 9.57. The van der Waals surface area contributed by atoms with Crippen LogP contribution < -0.4 is 26.4 Å². The number of nitrogens with two attached hydrogens (primary N) is 1. The van der Waals surface area contributed by atoms with E-state index in [1.54, 1.807) is 38.1 Å². The van der Waals surface area contributed by atoms with E-state index < -0.39 is 57.6 Å². The van der Waals surface area contributed by atoms with Crippen LogP contribution in [0.2, 0.25) is 0 Å². The highest BCUT2D eigenvalue weighted by Crippen LogP contribution is 2.65. The molecule has 4 unspecified atom stereocenters. The molecule has 258 valence electrons. The van der Waals surface area contributed by atoms with E-state index in [0.29, 0.717) is 28.9 Å². The maximum atomic E-state index is 14.1. The molecule has 0 aliphatic heterocycles. The zero-order chi connectivity index (χ0) is 34.8. The Morgan fingerprint density at radius 1 is 0.896 bits per heavy atom. The molecular formula is C35H45N5O7S. The summed E-state index contributed by atoms with van der Waals surface area (Å²) in [6.45, 7) is 4.84. The summed E-state index contributed by atoms with van der Waals surface area (Å²) >= 11 is 0. The van der Waals surface area contributed by atoms with Gasteiger partial charge in [-0.2, -0.15) is 0 Å². The summed E-state index contributed by atoms with van der Waals surface area (Å²) in [4.78, 5) is 66.7. The van der Waals surface area contributed by atoms with E-state index in [4.69, 9.17) is 5.14 Å². The smallest absolute Gasteiger partial charge is 0.289 e. The number of carbonyl (C=O) groups is 5. The van der Waals surface area contributed by atoms with Crippen molar-refractivity contribution in [1.29, 1.82) is 0 Å². The topological polar surface area (TPSA) is 194 Å². The summed E-state index contributed by atoms with van der Waals surface area (Å²) in [6.07, 6.45) is 6.01. The highest BCUT2D eigenvalue weighted by molar-refractivity contribution is 7.89. The molecule has 7 atom stereocenters. The normalized spacial score (nSPS) is 24.6. The van der Waals surface area contributed by atoms with Crippen LogP contribution in [0, 0.1) is 29.1 Å². The lowest BCUT2D eigenvalue weighted by Gasteiger charge is -2.50. The van der Waals surface area contributed by atoms with Crippen LogP contribution in [0.1, 0.15) is 75.2 Å². The van der Waals surface area contributed by atoms with Gasteiger partial charge in [-0.1, -0.05) is 57.0 Å². The number of sulfonamides is 1. The minimum absolute atomic E-state index is 0.0543. The summed E-state index contributed by atoms with van der Waals surface area (Å²) in [5.41, 5.74) is 0.604. The molecule has 13 heteroatoms. The van der Waals surface area contributed by atoms with Gasteiger partial charge >= 0.3 is 0 Å². The largest absolute Gasteiger partial charge is 0.345 e. The van der Waals surface area contributed by atoms with E-state index in [9.17, 15) is 32.4 Å². The third kappa shape index (κ3) is 7.46. The molecule has 2 aromatic rings. The molecule has 3 aliphatic carbocycles. The van der Waals surface area contributed by atoms with E-state index in [1.807, 2.05) is 6.07 Å². The van der Waals surface area contributed by atoms with E-state index in [2.05, 4.69) is 21.3 Å². The fourth-order valence-corrected chi connectivity index (χ4v) is 8.75. The molecule has 0 heterocycles. The van der Waals surface area contributed by atoms with E-state index in [-0.39, 0.29) is 22.8 Å². The maximum absolute atomic E-state index is 14.1. The van der Waals surface area contributed by atoms with Gasteiger partial charge in [-0.05, 0) is 86.1 Å². The van der Waals surface area contributed by atoms with Crippen LogP contribution in [-0.4, -0.2) is 56.0 Å². The molecule has 6 N–H and O–H groups in total. The molecule has 0 radical (unpaired) electrons. The van der Waals surface area contributed by atoms with Crippen LogP contribution in [0.25, 0.3) is 0 Å². The molecule has 0 aromatic heterocycles. The fraction of sp³-hybridized carbons (Fsp3) is 0.514. The second-order valence-electron chi connectivity index (χ2n) is 14.0. The van der Waals surface area contributed by atoms with Crippen LogP contribution in [0.15, 0.2) is 59.5 Å². The van der Waals surface area contributed by atoms with Gasteiger partial charge in [0.15, 0.2) is 0 Å². The van der Waals surface area contributed by atoms with Crippen molar-refractivity contribution in [2.45, 2.75) is 88.9 Å². The average molecular weight is 680 g/mol. The predicted molar refractivity (Wildman–Crippen MR) is 177 cm³/mol. The number of ketones is 1. The number of hydrogen-bond donors (Lipinski definition) is 5. The number of benzene rings is 2. The third-order valence-electron chi connectivity index (χ3n) is 10.5. The van der Waals surface area contributed by atoms with Crippen molar-refractivity contribution in [2.75, 3.05) is 0 Å². The number of fused-ring (bicyclic) bond motifs is 1. The molecular weight excluding hydrogens is 634 g/mol. The molecule has 12 nitrogen and oxygen atoms in total. The molecule has 2 bridgehead atoms. The minimum Gasteiger partial charge on any atom is -0.345 e. The van der Waals surface area contributed by atoms with Gasteiger partial charge in [-0.3, -0.25) is 24.0 Å². The second-order valence-corrected chi connectivity index (χ2v) is 15.6. The molecule has 3 aliphatic rings. The van der Waals surface area contributed by atoms with Crippen molar-refractivity contribution >= 4 is 39.4 Å². The Morgan fingerprint density at radius 3 is 2.21 bits per heavy atom. The van der Waals surface area contributed by atoms with E-state index in [0.717, 1.165) is 38.5 Å². The molecule has 3 fully saturated rings. The first kappa shape index (κ1) is 35.2. The summed E-state index contributed by atoms with van der Waals surface area (Å²) in [7, 11) is -3.87. The molecule has 0 spiro atoms. The van der Waals surface area contributed by atoms with Gasteiger partial charge in [0, 0.05) is 17.5 Å². The Labute approximate surface area is 281 Å². The van der Waals surface area contributed by atoms with Crippen molar-refractivity contribution in [1.82, 2.24) is 21.3 Å². The van der Waals surface area contributed by atoms with Crippen molar-refractivity contribution in [3.05, 3.63) is 65.7 Å². The monoisotopic (exact) mass is 679 g/mol. The Hall–Kier alpha value is -4.10. The van der Waals surface area contributed by atoms with E-state index in [1.165, 1.54) is 31.2 Å². The van der Waals surface area contributed by atoms with Crippen molar-refractivity contribution in [3.8, 4) is 0 Å². The number of rotatable bonds is 13. The molecule has 3 saturated carbocycles. The standard InChI is InChI=1S/C35H45N5O7S/c1-20(2)28(29(41)33(44)37-19-22-11-13-26(14-12-22)48(36,46)47)39-31(42)21(3)38-34(45)30(40-32(43)24-8-5-4-6-9-24)35-15-7-10-25-16-23(18-35)17-27(25)35/h4-6,8-9,11-14,20-21,23,25,27-28,30H,7,10,15-19H2,1-3H3,(H,37,44)(H,38,45)(H,39,42)(H,40,43)(H2,36,46,47)/t21-,23?,25?,27?,28-,30+,35?/m0/s1. The van der Waals surface area contributed by atoms with Gasteiger partial charge in [0.1, 0.15) is 12.1 Å². The number of Topliss-reactive ketones (excluding diaryl/α,β-unsaturated/α-hetero) is 1. The minimum atomic E-state index is -3.87. The number of hydrogen-bond acceptors (Lipinski definition) is 7. The van der Waals surface area contributed by atoms with Crippen molar-refractivity contribution in [3.63, 3.8) is 0 Å².